The average Bonchev–Trinajstić information content (AvgIpc) is 2.29. The van der Waals surface area contributed by atoms with Crippen molar-refractivity contribution in [3.05, 3.63) is 47.5 Å². The third-order valence-corrected chi connectivity index (χ3v) is 2.77. The SMILES string of the molecule is CCc1ccc2cc(C#CI)ccc2c1. The van der Waals surface area contributed by atoms with E-state index in [4.69, 9.17) is 0 Å². The largest absolute Gasteiger partial charge is 0.0613 e. The lowest BCUT2D eigenvalue weighted by atomic mass is 10.0. The second kappa shape index (κ2) is 4.67. The first-order valence-electron chi connectivity index (χ1n) is 4.98. The molecule has 2 aromatic carbocycles. The molecule has 0 radical (unpaired) electrons. The Balaban J connectivity index is 2.57. The lowest BCUT2D eigenvalue weighted by Crippen LogP contribution is -1.81. The lowest BCUT2D eigenvalue weighted by molar-refractivity contribution is 1.15. The van der Waals surface area contributed by atoms with Gasteiger partial charge in [0, 0.05) is 28.2 Å². The van der Waals surface area contributed by atoms with Gasteiger partial charge in [-0.2, -0.15) is 0 Å². The van der Waals surface area contributed by atoms with Crippen LogP contribution in [0.5, 0.6) is 0 Å². The fourth-order valence-corrected chi connectivity index (χ4v) is 1.96. The van der Waals surface area contributed by atoms with Crippen LogP contribution in [0, 0.1) is 9.85 Å². The van der Waals surface area contributed by atoms with E-state index in [1.165, 1.54) is 16.3 Å². The van der Waals surface area contributed by atoms with Crippen molar-refractivity contribution in [1.29, 1.82) is 0 Å². The van der Waals surface area contributed by atoms with Gasteiger partial charge in [0.1, 0.15) is 0 Å². The molecule has 0 atom stereocenters. The number of benzene rings is 2. The van der Waals surface area contributed by atoms with Gasteiger partial charge in [-0.05, 0) is 38.8 Å². The van der Waals surface area contributed by atoms with Gasteiger partial charge in [0.05, 0.1) is 0 Å². The van der Waals surface area contributed by atoms with E-state index in [1.54, 1.807) is 0 Å². The topological polar surface area (TPSA) is 0 Å². The summed E-state index contributed by atoms with van der Waals surface area (Å²) in [6.45, 7) is 2.18. The zero-order chi connectivity index (χ0) is 10.7. The molecule has 0 amide bonds. The van der Waals surface area contributed by atoms with Gasteiger partial charge in [0.15, 0.2) is 0 Å². The Morgan fingerprint density at radius 2 is 1.80 bits per heavy atom. The molecule has 15 heavy (non-hydrogen) atoms. The molecule has 0 saturated carbocycles. The lowest BCUT2D eigenvalue weighted by Gasteiger charge is -2.01. The van der Waals surface area contributed by atoms with E-state index in [0.29, 0.717) is 0 Å². The van der Waals surface area contributed by atoms with E-state index in [0.717, 1.165) is 12.0 Å². The van der Waals surface area contributed by atoms with Crippen molar-refractivity contribution in [2.75, 3.05) is 0 Å². The molecule has 0 aromatic heterocycles. The number of hydrogen-bond donors (Lipinski definition) is 0. The number of fused-ring (bicyclic) bond motifs is 1. The van der Waals surface area contributed by atoms with Crippen LogP contribution in [0.4, 0.5) is 0 Å². The Morgan fingerprint density at radius 3 is 2.53 bits per heavy atom. The zero-order valence-electron chi connectivity index (χ0n) is 8.55. The average molecular weight is 306 g/mol. The Kier molecular flexibility index (Phi) is 3.27. The summed E-state index contributed by atoms with van der Waals surface area (Å²) in [5, 5.41) is 2.57. The molecule has 0 nitrogen and oxygen atoms in total. The van der Waals surface area contributed by atoms with Crippen molar-refractivity contribution in [3.8, 4) is 9.85 Å². The Hall–Kier alpha value is -1.01. The highest BCUT2D eigenvalue weighted by molar-refractivity contribution is 14.1. The maximum Gasteiger partial charge on any atom is 0.0259 e. The van der Waals surface area contributed by atoms with E-state index >= 15 is 0 Å². The first-order chi connectivity index (χ1) is 7.33. The molecule has 0 N–H and O–H groups in total. The van der Waals surface area contributed by atoms with Crippen molar-refractivity contribution in [2.24, 2.45) is 0 Å². The van der Waals surface area contributed by atoms with Gasteiger partial charge in [-0.15, -0.1) is 0 Å². The first-order valence-corrected chi connectivity index (χ1v) is 6.05. The molecule has 0 aliphatic rings. The predicted molar refractivity (Wildman–Crippen MR) is 74.2 cm³/mol. The summed E-state index contributed by atoms with van der Waals surface area (Å²) in [6.07, 6.45) is 1.09. The molecule has 1 heteroatoms. The van der Waals surface area contributed by atoms with Crippen LogP contribution in [-0.2, 0) is 6.42 Å². The van der Waals surface area contributed by atoms with Gasteiger partial charge in [-0.3, -0.25) is 0 Å². The normalized spacial score (nSPS) is 9.73. The summed E-state index contributed by atoms with van der Waals surface area (Å²) in [5.74, 6) is 3.06. The molecule has 2 rings (SSSR count). The molecule has 0 heterocycles. The van der Waals surface area contributed by atoms with E-state index in [-0.39, 0.29) is 0 Å². The van der Waals surface area contributed by atoms with Crippen LogP contribution in [0.2, 0.25) is 0 Å². The fraction of sp³-hybridized carbons (Fsp3) is 0.143. The zero-order valence-corrected chi connectivity index (χ0v) is 10.7. The van der Waals surface area contributed by atoms with Crippen LogP contribution < -0.4 is 0 Å². The van der Waals surface area contributed by atoms with Crippen molar-refractivity contribution < 1.29 is 0 Å². The molecule has 0 saturated heterocycles. The summed E-state index contributed by atoms with van der Waals surface area (Å²) >= 11 is 2.06. The van der Waals surface area contributed by atoms with Gasteiger partial charge in [0.25, 0.3) is 0 Å². The standard InChI is InChI=1S/C14H11I/c1-2-11-3-5-14-10-12(7-8-15)4-6-13(14)9-11/h3-6,9-10H,2H2,1H3. The number of rotatable bonds is 1. The molecule has 0 aliphatic carbocycles. The summed E-state index contributed by atoms with van der Waals surface area (Å²) < 4.78 is 2.89. The predicted octanol–water partition coefficient (Wildman–Crippen LogP) is 4.15. The minimum atomic E-state index is 1.08. The monoisotopic (exact) mass is 306 g/mol. The highest BCUT2D eigenvalue weighted by Crippen LogP contribution is 2.18. The van der Waals surface area contributed by atoms with Crippen LogP contribution >= 0.6 is 22.6 Å². The second-order valence-electron chi connectivity index (χ2n) is 3.47. The summed E-state index contributed by atoms with van der Waals surface area (Å²) in [4.78, 5) is 0. The Bertz CT molecular complexity index is 544. The molecule has 0 fully saturated rings. The van der Waals surface area contributed by atoms with Crippen LogP contribution in [0.25, 0.3) is 10.8 Å². The molecule has 0 spiro atoms. The smallest absolute Gasteiger partial charge is 0.0259 e. The third-order valence-electron chi connectivity index (χ3n) is 2.50. The molecule has 0 unspecified atom stereocenters. The van der Waals surface area contributed by atoms with Gasteiger partial charge in [-0.25, -0.2) is 0 Å². The molecular formula is C14H11I. The quantitative estimate of drug-likeness (QED) is 0.548. The maximum atomic E-state index is 3.06. The minimum absolute atomic E-state index is 1.08. The Labute approximate surface area is 104 Å². The third kappa shape index (κ3) is 2.32. The maximum absolute atomic E-state index is 3.06. The van der Waals surface area contributed by atoms with Crippen LogP contribution in [0.15, 0.2) is 36.4 Å². The van der Waals surface area contributed by atoms with E-state index in [9.17, 15) is 0 Å². The van der Waals surface area contributed by atoms with Crippen LogP contribution in [-0.4, -0.2) is 0 Å². The highest BCUT2D eigenvalue weighted by atomic mass is 127. The van der Waals surface area contributed by atoms with Crippen molar-refractivity contribution in [2.45, 2.75) is 13.3 Å². The molecule has 0 bridgehead atoms. The first kappa shape index (κ1) is 10.5. The fourth-order valence-electron chi connectivity index (χ4n) is 1.65. The second-order valence-corrected chi connectivity index (χ2v) is 4.01. The number of halogens is 1. The minimum Gasteiger partial charge on any atom is -0.0613 e. The highest BCUT2D eigenvalue weighted by Gasteiger charge is 1.96. The molecular weight excluding hydrogens is 295 g/mol. The van der Waals surface area contributed by atoms with E-state index in [2.05, 4.69) is 75.8 Å². The summed E-state index contributed by atoms with van der Waals surface area (Å²) in [6, 6.07) is 13.0. The van der Waals surface area contributed by atoms with Gasteiger partial charge < -0.3 is 0 Å². The number of hydrogen-bond acceptors (Lipinski definition) is 0. The summed E-state index contributed by atoms with van der Waals surface area (Å²) in [5.41, 5.74) is 2.47. The molecule has 2 aromatic rings. The van der Waals surface area contributed by atoms with Gasteiger partial charge >= 0.3 is 0 Å². The molecule has 0 aliphatic heterocycles. The van der Waals surface area contributed by atoms with Crippen LogP contribution in [0.3, 0.4) is 0 Å². The van der Waals surface area contributed by atoms with Gasteiger partial charge in [-0.1, -0.05) is 37.1 Å². The number of aryl methyl sites for hydroxylation is 1. The Morgan fingerprint density at radius 1 is 1.07 bits per heavy atom. The van der Waals surface area contributed by atoms with E-state index in [1.807, 2.05) is 0 Å². The van der Waals surface area contributed by atoms with E-state index < -0.39 is 0 Å². The van der Waals surface area contributed by atoms with Gasteiger partial charge in [0.2, 0.25) is 0 Å². The summed E-state index contributed by atoms with van der Waals surface area (Å²) in [7, 11) is 0. The molecule has 74 valence electrons. The van der Waals surface area contributed by atoms with Crippen molar-refractivity contribution >= 4 is 33.4 Å². The van der Waals surface area contributed by atoms with Crippen LogP contribution in [0.1, 0.15) is 18.1 Å². The van der Waals surface area contributed by atoms with Crippen molar-refractivity contribution in [3.63, 3.8) is 0 Å². The van der Waals surface area contributed by atoms with Crippen molar-refractivity contribution in [1.82, 2.24) is 0 Å².